The van der Waals surface area contributed by atoms with E-state index in [1.807, 2.05) is 0 Å². The number of nitrogens with zero attached hydrogens (tertiary/aromatic N) is 4. The van der Waals surface area contributed by atoms with Gasteiger partial charge in [0.1, 0.15) is 14.1 Å². The summed E-state index contributed by atoms with van der Waals surface area (Å²) in [6, 6.07) is 26.4. The molecule has 0 saturated heterocycles. The molecule has 0 bridgehead atoms. The van der Waals surface area contributed by atoms with Crippen LogP contribution in [0.3, 0.4) is 0 Å². The topological polar surface area (TPSA) is 12.7 Å². The fourth-order valence-corrected chi connectivity index (χ4v) is 5.10. The zero-order valence-corrected chi connectivity index (χ0v) is 26.7. The highest BCUT2D eigenvalue weighted by atomic mass is 15.1. The van der Waals surface area contributed by atoms with Gasteiger partial charge in [0, 0.05) is 71.0 Å². The van der Waals surface area contributed by atoms with Gasteiger partial charge in [0.25, 0.3) is 0 Å². The minimum Gasteiger partial charge on any atom is -0.378 e. The third-order valence-electron chi connectivity index (χ3n) is 7.60. The molecule has 0 atom stereocenters. The van der Waals surface area contributed by atoms with Crippen LogP contribution < -0.4 is 14.7 Å². The molecule has 0 aromatic heterocycles. The predicted molar refractivity (Wildman–Crippen MR) is 185 cm³/mol. The lowest BCUT2D eigenvalue weighted by atomic mass is 9.92. The van der Waals surface area contributed by atoms with E-state index in [1.54, 1.807) is 0 Å². The lowest BCUT2D eigenvalue weighted by Crippen LogP contribution is -2.14. The average molecular weight is 558 g/mol. The van der Waals surface area contributed by atoms with E-state index in [-0.39, 0.29) is 0 Å². The monoisotopic (exact) mass is 557 g/mol. The molecule has 4 nitrogen and oxygen atoms in total. The maximum Gasteiger partial charge on any atom is 0.202 e. The Bertz CT molecular complexity index is 1510. The molecule has 0 fully saturated rings. The summed E-state index contributed by atoms with van der Waals surface area (Å²) in [5, 5.41) is 0. The van der Waals surface area contributed by atoms with Gasteiger partial charge in [-0.25, -0.2) is 4.58 Å². The minimum atomic E-state index is 1.18. The summed E-state index contributed by atoms with van der Waals surface area (Å²) in [4.78, 5) is 6.39. The first-order valence-electron chi connectivity index (χ1n) is 14.4. The highest BCUT2D eigenvalue weighted by molar-refractivity contribution is 6.07. The van der Waals surface area contributed by atoms with Gasteiger partial charge in [-0.2, -0.15) is 0 Å². The molecule has 1 aliphatic carbocycles. The normalized spacial score (nSPS) is 14.0. The molecule has 4 rings (SSSR count). The van der Waals surface area contributed by atoms with Gasteiger partial charge in [0.15, 0.2) is 0 Å². The second-order valence-electron chi connectivity index (χ2n) is 11.6. The van der Waals surface area contributed by atoms with Crippen molar-refractivity contribution < 1.29 is 4.58 Å². The summed E-state index contributed by atoms with van der Waals surface area (Å²) >= 11 is 0. The van der Waals surface area contributed by atoms with Crippen LogP contribution in [0.15, 0.2) is 120 Å². The van der Waals surface area contributed by atoms with Gasteiger partial charge in [-0.05, 0) is 88.9 Å². The Hall–Kier alpha value is -4.57. The van der Waals surface area contributed by atoms with E-state index in [0.29, 0.717) is 0 Å². The van der Waals surface area contributed by atoms with Gasteiger partial charge < -0.3 is 14.7 Å². The molecule has 0 N–H and O–H groups in total. The lowest BCUT2D eigenvalue weighted by Gasteiger charge is -2.16. The molecule has 42 heavy (non-hydrogen) atoms. The van der Waals surface area contributed by atoms with Crippen LogP contribution in [0.2, 0.25) is 0 Å². The zero-order chi connectivity index (χ0) is 30.4. The van der Waals surface area contributed by atoms with Gasteiger partial charge in [-0.15, -0.1) is 0 Å². The molecule has 1 aliphatic rings. The average Bonchev–Trinajstić information content (AvgIpc) is 2.97. The third kappa shape index (κ3) is 7.19. The van der Waals surface area contributed by atoms with Gasteiger partial charge >= 0.3 is 0 Å². The number of benzene rings is 3. The molecule has 0 heterocycles. The molecular formula is C38H45N4+. The fraction of sp³-hybridized carbons (Fsp3) is 0.237. The first-order chi connectivity index (χ1) is 20.0. The summed E-state index contributed by atoms with van der Waals surface area (Å²) in [6.45, 7) is 2.18. The molecular weight excluding hydrogens is 512 g/mol. The van der Waals surface area contributed by atoms with Crippen LogP contribution in [0, 0.1) is 0 Å². The second-order valence-corrected chi connectivity index (χ2v) is 11.6. The summed E-state index contributed by atoms with van der Waals surface area (Å²) in [7, 11) is 16.6. The Kier molecular flexibility index (Phi) is 9.69. The second kappa shape index (κ2) is 13.4. The Morgan fingerprint density at radius 3 is 1.40 bits per heavy atom. The highest BCUT2D eigenvalue weighted by Gasteiger charge is 2.15. The SMILES string of the molecule is CC1=C/C(=C(/C=C/C=C(c2ccc(N(C)C)cc2)c2ccc(N(C)C)cc2)c2ccc(N(C)C)cc2)C=CC1=[N+](C)C. The molecule has 0 unspecified atom stereocenters. The van der Waals surface area contributed by atoms with Crippen molar-refractivity contribution in [1.29, 1.82) is 0 Å². The first-order valence-corrected chi connectivity index (χ1v) is 14.4. The molecule has 0 saturated carbocycles. The van der Waals surface area contributed by atoms with E-state index in [1.165, 1.54) is 61.8 Å². The van der Waals surface area contributed by atoms with Crippen molar-refractivity contribution in [2.75, 3.05) is 71.1 Å². The van der Waals surface area contributed by atoms with Crippen LogP contribution in [-0.2, 0) is 0 Å². The molecule has 0 radical (unpaired) electrons. The molecule has 0 aliphatic heterocycles. The Labute approximate surface area is 253 Å². The molecule has 3 aromatic rings. The van der Waals surface area contributed by atoms with Crippen LogP contribution >= 0.6 is 0 Å². The fourth-order valence-electron chi connectivity index (χ4n) is 5.10. The molecule has 216 valence electrons. The Morgan fingerprint density at radius 1 is 0.595 bits per heavy atom. The van der Waals surface area contributed by atoms with Crippen LogP contribution in [0.4, 0.5) is 17.1 Å². The highest BCUT2D eigenvalue weighted by Crippen LogP contribution is 2.30. The number of rotatable bonds is 8. The predicted octanol–water partition coefficient (Wildman–Crippen LogP) is 7.56. The Balaban J connectivity index is 1.83. The van der Waals surface area contributed by atoms with Crippen molar-refractivity contribution in [3.63, 3.8) is 0 Å². The van der Waals surface area contributed by atoms with Crippen molar-refractivity contribution in [3.05, 3.63) is 137 Å². The maximum atomic E-state index is 2.29. The van der Waals surface area contributed by atoms with E-state index in [2.05, 4.69) is 192 Å². The number of anilines is 3. The molecule has 0 amide bonds. The van der Waals surface area contributed by atoms with Crippen LogP contribution in [0.25, 0.3) is 11.1 Å². The summed E-state index contributed by atoms with van der Waals surface area (Å²) in [5.41, 5.74) is 13.2. The van der Waals surface area contributed by atoms with E-state index < -0.39 is 0 Å². The largest absolute Gasteiger partial charge is 0.378 e. The van der Waals surface area contributed by atoms with Gasteiger partial charge in [-0.3, -0.25) is 0 Å². The van der Waals surface area contributed by atoms with E-state index in [9.17, 15) is 0 Å². The van der Waals surface area contributed by atoms with E-state index in [0.717, 1.165) is 0 Å². The lowest BCUT2D eigenvalue weighted by molar-refractivity contribution is -0.463. The van der Waals surface area contributed by atoms with Crippen LogP contribution in [0.5, 0.6) is 0 Å². The quantitative estimate of drug-likeness (QED) is 0.210. The molecule has 0 spiro atoms. The number of hydrogen-bond donors (Lipinski definition) is 0. The van der Waals surface area contributed by atoms with Crippen molar-refractivity contribution >= 4 is 33.9 Å². The maximum absolute atomic E-state index is 2.29. The van der Waals surface area contributed by atoms with Crippen molar-refractivity contribution in [2.45, 2.75) is 6.92 Å². The number of hydrogen-bond acceptors (Lipinski definition) is 3. The molecule has 3 aromatic carbocycles. The van der Waals surface area contributed by atoms with Gasteiger partial charge in [-0.1, -0.05) is 54.6 Å². The standard InChI is InChI=1S/C38H45N4/c1-28-27-32(19-26-38(28)42(8)9)37(31-17-24-35(25-18-31)41(6)7)12-10-11-36(29-13-20-33(21-14-29)39(2)3)30-15-22-34(23-16-30)40(4)5/h10-27H,1-9H3/q+1. The minimum absolute atomic E-state index is 1.18. The summed E-state index contributed by atoms with van der Waals surface area (Å²) < 4.78 is 2.17. The molecule has 4 heteroatoms. The van der Waals surface area contributed by atoms with Crippen molar-refractivity contribution in [1.82, 2.24) is 0 Å². The first kappa shape index (κ1) is 30.4. The zero-order valence-electron chi connectivity index (χ0n) is 26.7. The summed E-state index contributed by atoms with van der Waals surface area (Å²) in [6.07, 6.45) is 13.4. The number of allylic oxidation sites excluding steroid dienone is 9. The van der Waals surface area contributed by atoms with E-state index in [4.69, 9.17) is 0 Å². The third-order valence-corrected chi connectivity index (χ3v) is 7.60. The van der Waals surface area contributed by atoms with Gasteiger partial charge in [0.05, 0.1) is 0 Å². The van der Waals surface area contributed by atoms with Crippen molar-refractivity contribution in [3.8, 4) is 0 Å². The van der Waals surface area contributed by atoms with Gasteiger partial charge in [0.2, 0.25) is 5.71 Å². The summed E-state index contributed by atoms with van der Waals surface area (Å²) in [5.74, 6) is 0. The van der Waals surface area contributed by atoms with Crippen LogP contribution in [0.1, 0.15) is 23.6 Å². The van der Waals surface area contributed by atoms with Crippen LogP contribution in [-0.4, -0.2) is 66.7 Å². The van der Waals surface area contributed by atoms with E-state index >= 15 is 0 Å². The smallest absolute Gasteiger partial charge is 0.202 e. The van der Waals surface area contributed by atoms with Crippen molar-refractivity contribution in [2.24, 2.45) is 0 Å². The Morgan fingerprint density at radius 2 is 1.02 bits per heavy atom.